The lowest BCUT2D eigenvalue weighted by Gasteiger charge is -2.11. The highest BCUT2D eigenvalue weighted by Crippen LogP contribution is 2.33. The largest absolute Gasteiger partial charge is 0.469 e. The molecule has 1 aromatic heterocycles. The molecule has 1 heterocycles. The molecule has 0 aliphatic heterocycles. The van der Waals surface area contributed by atoms with Crippen LogP contribution in [0.5, 0.6) is 0 Å². The molecule has 1 aliphatic carbocycles. The molecular weight excluding hydrogens is 164 g/mol. The van der Waals surface area contributed by atoms with E-state index in [-0.39, 0.29) is 6.61 Å². The van der Waals surface area contributed by atoms with Crippen molar-refractivity contribution < 1.29 is 9.52 Å². The minimum atomic E-state index is 0.269. The van der Waals surface area contributed by atoms with E-state index < -0.39 is 0 Å². The number of aliphatic hydroxyl groups is 1. The molecule has 1 aliphatic rings. The maximum absolute atomic E-state index is 8.93. The SMILES string of the molecule is OCCC1CCCCc2ccoc21. The summed E-state index contributed by atoms with van der Waals surface area (Å²) in [6.45, 7) is 0.269. The summed E-state index contributed by atoms with van der Waals surface area (Å²) in [7, 11) is 0. The van der Waals surface area contributed by atoms with E-state index in [1.165, 1.54) is 24.8 Å². The van der Waals surface area contributed by atoms with E-state index in [4.69, 9.17) is 9.52 Å². The third-order valence-corrected chi connectivity index (χ3v) is 2.88. The molecular formula is C11H16O2. The highest BCUT2D eigenvalue weighted by atomic mass is 16.3. The van der Waals surface area contributed by atoms with E-state index in [9.17, 15) is 0 Å². The van der Waals surface area contributed by atoms with Crippen molar-refractivity contribution in [3.05, 3.63) is 23.7 Å². The van der Waals surface area contributed by atoms with Crippen molar-refractivity contribution in [1.29, 1.82) is 0 Å². The summed E-state index contributed by atoms with van der Waals surface area (Å²) in [6, 6.07) is 2.07. The van der Waals surface area contributed by atoms with Crippen LogP contribution in [0.25, 0.3) is 0 Å². The van der Waals surface area contributed by atoms with Crippen LogP contribution in [0.15, 0.2) is 16.7 Å². The highest BCUT2D eigenvalue weighted by Gasteiger charge is 2.20. The summed E-state index contributed by atoms with van der Waals surface area (Å²) < 4.78 is 5.49. The molecule has 1 aromatic rings. The molecule has 2 heteroatoms. The van der Waals surface area contributed by atoms with Crippen molar-refractivity contribution >= 4 is 0 Å². The van der Waals surface area contributed by atoms with E-state index in [0.717, 1.165) is 18.6 Å². The smallest absolute Gasteiger partial charge is 0.110 e. The molecule has 0 saturated carbocycles. The van der Waals surface area contributed by atoms with E-state index in [0.29, 0.717) is 5.92 Å². The van der Waals surface area contributed by atoms with E-state index >= 15 is 0 Å². The standard InChI is InChI=1S/C11H16O2/c12-7-5-9-3-1-2-4-10-6-8-13-11(9)10/h6,8-9,12H,1-5,7H2. The van der Waals surface area contributed by atoms with Crippen LogP contribution in [0.1, 0.15) is 42.9 Å². The number of aryl methyl sites for hydroxylation is 1. The molecule has 0 bridgehead atoms. The van der Waals surface area contributed by atoms with Crippen LogP contribution in [-0.4, -0.2) is 11.7 Å². The maximum atomic E-state index is 8.93. The molecule has 0 aromatic carbocycles. The van der Waals surface area contributed by atoms with Gasteiger partial charge in [0.1, 0.15) is 5.76 Å². The first kappa shape index (κ1) is 8.82. The Morgan fingerprint density at radius 2 is 2.38 bits per heavy atom. The number of aliphatic hydroxyl groups excluding tert-OH is 1. The molecule has 2 nitrogen and oxygen atoms in total. The van der Waals surface area contributed by atoms with Gasteiger partial charge in [0, 0.05) is 12.5 Å². The Bertz CT molecular complexity index is 265. The molecule has 0 radical (unpaired) electrons. The Morgan fingerprint density at radius 3 is 3.23 bits per heavy atom. The van der Waals surface area contributed by atoms with Crippen LogP contribution < -0.4 is 0 Å². The predicted molar refractivity (Wildman–Crippen MR) is 50.7 cm³/mol. The first-order valence-electron chi connectivity index (χ1n) is 5.09. The van der Waals surface area contributed by atoms with Gasteiger partial charge in [-0.3, -0.25) is 0 Å². The molecule has 0 amide bonds. The molecule has 1 unspecified atom stereocenters. The zero-order valence-electron chi connectivity index (χ0n) is 7.83. The number of hydrogen-bond acceptors (Lipinski definition) is 2. The first-order valence-corrected chi connectivity index (χ1v) is 5.09. The van der Waals surface area contributed by atoms with E-state index in [2.05, 4.69) is 6.07 Å². The molecule has 13 heavy (non-hydrogen) atoms. The van der Waals surface area contributed by atoms with E-state index in [1.54, 1.807) is 6.26 Å². The third kappa shape index (κ3) is 1.78. The van der Waals surface area contributed by atoms with Crippen molar-refractivity contribution in [2.24, 2.45) is 0 Å². The topological polar surface area (TPSA) is 33.4 Å². The second-order valence-corrected chi connectivity index (χ2v) is 3.77. The summed E-state index contributed by atoms with van der Waals surface area (Å²) in [5.74, 6) is 1.59. The number of hydrogen-bond donors (Lipinski definition) is 1. The quantitative estimate of drug-likeness (QED) is 0.709. The lowest BCUT2D eigenvalue weighted by atomic mass is 9.97. The molecule has 72 valence electrons. The lowest BCUT2D eigenvalue weighted by molar-refractivity contribution is 0.263. The fourth-order valence-electron chi connectivity index (χ4n) is 2.18. The van der Waals surface area contributed by atoms with E-state index in [1.807, 2.05) is 0 Å². The van der Waals surface area contributed by atoms with Crippen molar-refractivity contribution in [3.63, 3.8) is 0 Å². The Hall–Kier alpha value is -0.760. The average molecular weight is 180 g/mol. The van der Waals surface area contributed by atoms with Gasteiger partial charge in [0.05, 0.1) is 6.26 Å². The Balaban J connectivity index is 2.20. The first-order chi connectivity index (χ1) is 6.42. The minimum Gasteiger partial charge on any atom is -0.469 e. The fraction of sp³-hybridized carbons (Fsp3) is 0.636. The summed E-state index contributed by atoms with van der Waals surface area (Å²) in [5, 5.41) is 8.93. The van der Waals surface area contributed by atoms with Crippen LogP contribution in [0, 0.1) is 0 Å². The molecule has 0 saturated heterocycles. The fourth-order valence-corrected chi connectivity index (χ4v) is 2.18. The maximum Gasteiger partial charge on any atom is 0.110 e. The second-order valence-electron chi connectivity index (χ2n) is 3.77. The molecule has 0 spiro atoms. The van der Waals surface area contributed by atoms with Crippen LogP contribution >= 0.6 is 0 Å². The van der Waals surface area contributed by atoms with Gasteiger partial charge in [0.2, 0.25) is 0 Å². The van der Waals surface area contributed by atoms with Crippen LogP contribution in [0.2, 0.25) is 0 Å². The number of fused-ring (bicyclic) bond motifs is 1. The Labute approximate surface area is 78.6 Å². The molecule has 1 atom stereocenters. The minimum absolute atomic E-state index is 0.269. The van der Waals surface area contributed by atoms with Gasteiger partial charge < -0.3 is 9.52 Å². The van der Waals surface area contributed by atoms with Gasteiger partial charge in [0.25, 0.3) is 0 Å². The zero-order chi connectivity index (χ0) is 9.10. The van der Waals surface area contributed by atoms with Gasteiger partial charge in [-0.15, -0.1) is 0 Å². The molecule has 0 fully saturated rings. The predicted octanol–water partition coefficient (Wildman–Crippen LogP) is 2.47. The number of furan rings is 1. The average Bonchev–Trinajstić information content (AvgIpc) is 2.52. The third-order valence-electron chi connectivity index (χ3n) is 2.88. The lowest BCUT2D eigenvalue weighted by Crippen LogP contribution is -2.00. The van der Waals surface area contributed by atoms with Gasteiger partial charge in [-0.25, -0.2) is 0 Å². The van der Waals surface area contributed by atoms with Crippen molar-refractivity contribution in [2.45, 2.75) is 38.0 Å². The summed E-state index contributed by atoms with van der Waals surface area (Å²) in [5.41, 5.74) is 1.36. The summed E-state index contributed by atoms with van der Waals surface area (Å²) in [4.78, 5) is 0. The summed E-state index contributed by atoms with van der Waals surface area (Å²) in [6.07, 6.45) is 7.46. The monoisotopic (exact) mass is 180 g/mol. The van der Waals surface area contributed by atoms with Crippen LogP contribution in [0.3, 0.4) is 0 Å². The molecule has 2 rings (SSSR count). The highest BCUT2D eigenvalue weighted by molar-refractivity contribution is 5.22. The van der Waals surface area contributed by atoms with Crippen LogP contribution in [-0.2, 0) is 6.42 Å². The van der Waals surface area contributed by atoms with Crippen molar-refractivity contribution in [3.8, 4) is 0 Å². The van der Waals surface area contributed by atoms with Crippen molar-refractivity contribution in [2.75, 3.05) is 6.61 Å². The van der Waals surface area contributed by atoms with Gasteiger partial charge in [-0.1, -0.05) is 6.42 Å². The normalized spacial score (nSPS) is 22.4. The van der Waals surface area contributed by atoms with Gasteiger partial charge in [-0.05, 0) is 37.3 Å². The van der Waals surface area contributed by atoms with Gasteiger partial charge in [0.15, 0.2) is 0 Å². The van der Waals surface area contributed by atoms with Gasteiger partial charge in [-0.2, -0.15) is 0 Å². The summed E-state index contributed by atoms with van der Waals surface area (Å²) >= 11 is 0. The Kier molecular flexibility index (Phi) is 2.69. The van der Waals surface area contributed by atoms with Crippen molar-refractivity contribution in [1.82, 2.24) is 0 Å². The Morgan fingerprint density at radius 1 is 1.46 bits per heavy atom. The number of rotatable bonds is 2. The zero-order valence-corrected chi connectivity index (χ0v) is 7.83. The molecule has 1 N–H and O–H groups in total. The van der Waals surface area contributed by atoms with Crippen LogP contribution in [0.4, 0.5) is 0 Å². The second kappa shape index (κ2) is 3.97. The van der Waals surface area contributed by atoms with Gasteiger partial charge >= 0.3 is 0 Å².